The summed E-state index contributed by atoms with van der Waals surface area (Å²) >= 11 is 0. The van der Waals surface area contributed by atoms with Crippen LogP contribution in [0.15, 0.2) is 0 Å². The molecule has 0 aromatic rings. The first kappa shape index (κ1) is 11.4. The maximum Gasteiger partial charge on any atom is 0.0154 e. The van der Waals surface area contributed by atoms with E-state index >= 15 is 0 Å². The largest absolute Gasteiger partial charge is 0.316 e. The fourth-order valence-electron chi connectivity index (χ4n) is 2.78. The quantitative estimate of drug-likeness (QED) is 0.727. The van der Waals surface area contributed by atoms with Crippen LogP contribution in [0.4, 0.5) is 0 Å². The van der Waals surface area contributed by atoms with E-state index in [4.69, 9.17) is 0 Å². The van der Waals surface area contributed by atoms with Gasteiger partial charge in [0.25, 0.3) is 0 Å². The highest BCUT2D eigenvalue weighted by Crippen LogP contribution is 2.37. The van der Waals surface area contributed by atoms with Crippen LogP contribution in [0.1, 0.15) is 52.4 Å². The summed E-state index contributed by atoms with van der Waals surface area (Å²) < 4.78 is 0. The summed E-state index contributed by atoms with van der Waals surface area (Å²) in [6.07, 6.45) is 8.23. The lowest BCUT2D eigenvalue weighted by molar-refractivity contribution is 0.175. The van der Waals surface area contributed by atoms with Crippen LogP contribution in [-0.2, 0) is 0 Å². The highest BCUT2D eigenvalue weighted by molar-refractivity contribution is 5.00. The molecule has 2 rings (SSSR count). The summed E-state index contributed by atoms with van der Waals surface area (Å²) in [6.45, 7) is 8.36. The third kappa shape index (κ3) is 2.94. The summed E-state index contributed by atoms with van der Waals surface area (Å²) in [4.78, 5) is 0. The SMILES string of the molecule is CCCC1(CNC2(C)CC2)CCCNC1. The Bertz CT molecular complexity index is 197. The van der Waals surface area contributed by atoms with Crippen molar-refractivity contribution in [2.45, 2.75) is 57.9 Å². The Morgan fingerprint density at radius 2 is 2.07 bits per heavy atom. The first-order valence-corrected chi connectivity index (χ1v) is 6.64. The lowest BCUT2D eigenvalue weighted by atomic mass is 9.77. The topological polar surface area (TPSA) is 24.1 Å². The third-order valence-electron chi connectivity index (χ3n) is 4.23. The Kier molecular flexibility index (Phi) is 3.36. The van der Waals surface area contributed by atoms with Crippen molar-refractivity contribution >= 4 is 0 Å². The molecule has 2 aliphatic rings. The van der Waals surface area contributed by atoms with Crippen molar-refractivity contribution < 1.29 is 0 Å². The molecule has 1 unspecified atom stereocenters. The van der Waals surface area contributed by atoms with Gasteiger partial charge in [-0.05, 0) is 51.0 Å². The predicted molar refractivity (Wildman–Crippen MR) is 65.1 cm³/mol. The monoisotopic (exact) mass is 210 g/mol. The van der Waals surface area contributed by atoms with E-state index in [1.165, 1.54) is 58.2 Å². The number of hydrogen-bond acceptors (Lipinski definition) is 2. The minimum Gasteiger partial charge on any atom is -0.316 e. The van der Waals surface area contributed by atoms with Crippen molar-refractivity contribution in [3.8, 4) is 0 Å². The van der Waals surface area contributed by atoms with Gasteiger partial charge in [0, 0.05) is 18.6 Å². The lowest BCUT2D eigenvalue weighted by Gasteiger charge is -2.39. The van der Waals surface area contributed by atoms with Gasteiger partial charge in [0.2, 0.25) is 0 Å². The predicted octanol–water partition coefficient (Wildman–Crippen LogP) is 2.30. The summed E-state index contributed by atoms with van der Waals surface area (Å²) in [7, 11) is 0. The van der Waals surface area contributed by atoms with Gasteiger partial charge in [0.15, 0.2) is 0 Å². The molecular formula is C13H26N2. The van der Waals surface area contributed by atoms with Crippen LogP contribution in [-0.4, -0.2) is 25.2 Å². The molecule has 2 fully saturated rings. The normalized spacial score (nSPS) is 34.0. The van der Waals surface area contributed by atoms with E-state index in [-0.39, 0.29) is 0 Å². The second kappa shape index (κ2) is 4.42. The van der Waals surface area contributed by atoms with Crippen LogP contribution < -0.4 is 10.6 Å². The number of nitrogens with one attached hydrogen (secondary N) is 2. The van der Waals surface area contributed by atoms with E-state index in [2.05, 4.69) is 24.5 Å². The molecule has 0 amide bonds. The minimum atomic E-state index is 0.498. The van der Waals surface area contributed by atoms with Gasteiger partial charge in [-0.25, -0.2) is 0 Å². The van der Waals surface area contributed by atoms with Gasteiger partial charge in [0.05, 0.1) is 0 Å². The average Bonchev–Trinajstić information content (AvgIpc) is 2.97. The van der Waals surface area contributed by atoms with Crippen molar-refractivity contribution in [1.29, 1.82) is 0 Å². The highest BCUT2D eigenvalue weighted by Gasteiger charge is 2.40. The molecule has 1 saturated heterocycles. The van der Waals surface area contributed by atoms with Gasteiger partial charge >= 0.3 is 0 Å². The maximum absolute atomic E-state index is 3.79. The van der Waals surface area contributed by atoms with Crippen molar-refractivity contribution in [2.75, 3.05) is 19.6 Å². The van der Waals surface area contributed by atoms with Crippen molar-refractivity contribution in [2.24, 2.45) is 5.41 Å². The van der Waals surface area contributed by atoms with E-state index in [1.54, 1.807) is 0 Å². The minimum absolute atomic E-state index is 0.498. The standard InChI is InChI=1S/C13H26N2/c1-3-5-13(6-4-9-14-10-13)11-15-12(2)7-8-12/h14-15H,3-11H2,1-2H3. The molecule has 1 aliphatic carbocycles. The summed E-state index contributed by atoms with van der Waals surface area (Å²) in [5.41, 5.74) is 1.05. The Morgan fingerprint density at radius 3 is 2.60 bits per heavy atom. The molecule has 1 heterocycles. The summed E-state index contributed by atoms with van der Waals surface area (Å²) in [5.74, 6) is 0. The zero-order valence-electron chi connectivity index (χ0n) is 10.4. The molecule has 0 bridgehead atoms. The van der Waals surface area contributed by atoms with Gasteiger partial charge in [-0.3, -0.25) is 0 Å². The fraction of sp³-hybridized carbons (Fsp3) is 1.00. The maximum atomic E-state index is 3.79. The summed E-state index contributed by atoms with van der Waals surface area (Å²) in [6, 6.07) is 0. The van der Waals surface area contributed by atoms with E-state index < -0.39 is 0 Å². The van der Waals surface area contributed by atoms with Crippen LogP contribution >= 0.6 is 0 Å². The van der Waals surface area contributed by atoms with E-state index in [0.717, 1.165) is 0 Å². The molecule has 1 atom stereocenters. The van der Waals surface area contributed by atoms with Gasteiger partial charge in [-0.15, -0.1) is 0 Å². The molecule has 2 heteroatoms. The van der Waals surface area contributed by atoms with Crippen LogP contribution in [0.5, 0.6) is 0 Å². The van der Waals surface area contributed by atoms with Crippen molar-refractivity contribution in [3.63, 3.8) is 0 Å². The first-order valence-electron chi connectivity index (χ1n) is 6.64. The third-order valence-corrected chi connectivity index (χ3v) is 4.23. The van der Waals surface area contributed by atoms with Crippen LogP contribution in [0.3, 0.4) is 0 Å². The van der Waals surface area contributed by atoms with E-state index in [1.807, 2.05) is 0 Å². The molecule has 2 nitrogen and oxygen atoms in total. The fourth-order valence-corrected chi connectivity index (χ4v) is 2.78. The second-order valence-electron chi connectivity index (χ2n) is 5.94. The Balaban J connectivity index is 1.86. The summed E-state index contributed by atoms with van der Waals surface area (Å²) in [5, 5.41) is 7.37. The van der Waals surface area contributed by atoms with Crippen LogP contribution in [0.25, 0.3) is 0 Å². The van der Waals surface area contributed by atoms with Gasteiger partial charge in [-0.1, -0.05) is 13.3 Å². The van der Waals surface area contributed by atoms with E-state index in [0.29, 0.717) is 11.0 Å². The average molecular weight is 210 g/mol. The molecular weight excluding hydrogens is 184 g/mol. The van der Waals surface area contributed by atoms with Gasteiger partial charge in [-0.2, -0.15) is 0 Å². The van der Waals surface area contributed by atoms with Crippen molar-refractivity contribution in [1.82, 2.24) is 10.6 Å². The molecule has 0 aromatic heterocycles. The first-order chi connectivity index (χ1) is 7.18. The van der Waals surface area contributed by atoms with Crippen molar-refractivity contribution in [3.05, 3.63) is 0 Å². The zero-order chi connectivity index (χ0) is 10.8. The second-order valence-corrected chi connectivity index (χ2v) is 5.94. The smallest absolute Gasteiger partial charge is 0.0154 e. The van der Waals surface area contributed by atoms with Gasteiger partial charge in [0.1, 0.15) is 0 Å². The van der Waals surface area contributed by atoms with E-state index in [9.17, 15) is 0 Å². The lowest BCUT2D eigenvalue weighted by Crippen LogP contribution is -2.48. The van der Waals surface area contributed by atoms with Crippen LogP contribution in [0, 0.1) is 5.41 Å². The molecule has 2 N–H and O–H groups in total. The molecule has 0 aromatic carbocycles. The highest BCUT2D eigenvalue weighted by atomic mass is 15.0. The number of rotatable bonds is 5. The molecule has 0 radical (unpaired) electrons. The Labute approximate surface area is 94.2 Å². The Morgan fingerprint density at radius 1 is 1.27 bits per heavy atom. The molecule has 88 valence electrons. The number of piperidine rings is 1. The van der Waals surface area contributed by atoms with Gasteiger partial charge < -0.3 is 10.6 Å². The zero-order valence-corrected chi connectivity index (χ0v) is 10.4. The molecule has 0 spiro atoms. The Hall–Kier alpha value is -0.0800. The van der Waals surface area contributed by atoms with Crippen LogP contribution in [0.2, 0.25) is 0 Å². The number of hydrogen-bond donors (Lipinski definition) is 2. The molecule has 1 aliphatic heterocycles. The molecule has 15 heavy (non-hydrogen) atoms. The molecule has 1 saturated carbocycles.